The summed E-state index contributed by atoms with van der Waals surface area (Å²) in [6, 6.07) is 0. The fourth-order valence-electron chi connectivity index (χ4n) is 4.36. The zero-order valence-corrected chi connectivity index (χ0v) is 14.3. The number of fused-ring (bicyclic) bond motifs is 1. The van der Waals surface area contributed by atoms with Crippen LogP contribution in [0.15, 0.2) is 12.7 Å². The summed E-state index contributed by atoms with van der Waals surface area (Å²) >= 11 is 0. The number of aromatic nitrogens is 4. The van der Waals surface area contributed by atoms with Gasteiger partial charge in [-0.1, -0.05) is 0 Å². The highest BCUT2D eigenvalue weighted by Crippen LogP contribution is 2.35. The number of aliphatic hydroxyl groups is 2. The maximum Gasteiger partial charge on any atom is 0.167 e. The second kappa shape index (κ2) is 5.83. The molecular formula is C16H23N7O3. The van der Waals surface area contributed by atoms with Crippen molar-refractivity contribution in [2.24, 2.45) is 0 Å². The Morgan fingerprint density at radius 2 is 2.12 bits per heavy atom. The maximum atomic E-state index is 10.5. The second-order valence-corrected chi connectivity index (χ2v) is 7.57. The van der Waals surface area contributed by atoms with E-state index in [4.69, 9.17) is 10.5 Å². The van der Waals surface area contributed by atoms with E-state index in [1.54, 1.807) is 4.57 Å². The molecule has 1 spiro atoms. The Balaban J connectivity index is 1.34. The molecule has 2 aromatic rings. The molecular weight excluding hydrogens is 338 g/mol. The van der Waals surface area contributed by atoms with Crippen LogP contribution in [0.25, 0.3) is 11.2 Å². The third-order valence-electron chi connectivity index (χ3n) is 5.97. The number of nitrogen functional groups attached to an aromatic ring is 1. The number of anilines is 1. The quantitative estimate of drug-likeness (QED) is 0.513. The van der Waals surface area contributed by atoms with Crippen molar-refractivity contribution >= 4 is 17.0 Å². The molecule has 3 aliphatic heterocycles. The summed E-state index contributed by atoms with van der Waals surface area (Å²) in [7, 11) is 0. The summed E-state index contributed by atoms with van der Waals surface area (Å²) in [5, 5.41) is 24.6. The van der Waals surface area contributed by atoms with E-state index in [1.165, 1.54) is 19.1 Å². The second-order valence-electron chi connectivity index (χ2n) is 7.57. The van der Waals surface area contributed by atoms with Crippen LogP contribution in [0.1, 0.15) is 19.1 Å². The van der Waals surface area contributed by atoms with E-state index in [-0.39, 0.29) is 11.4 Å². The predicted octanol–water partition coefficient (Wildman–Crippen LogP) is -1.53. The van der Waals surface area contributed by atoms with Crippen molar-refractivity contribution < 1.29 is 14.9 Å². The minimum absolute atomic E-state index is 0.247. The van der Waals surface area contributed by atoms with Crippen LogP contribution >= 0.6 is 0 Å². The van der Waals surface area contributed by atoms with Gasteiger partial charge in [0.1, 0.15) is 30.2 Å². The fourth-order valence-corrected chi connectivity index (χ4v) is 4.36. The van der Waals surface area contributed by atoms with Crippen LogP contribution in [-0.2, 0) is 4.74 Å². The average molecular weight is 361 g/mol. The fraction of sp³-hybridized carbons (Fsp3) is 0.688. The number of ether oxygens (including phenoxy) is 1. The topological polar surface area (TPSA) is 135 Å². The minimum atomic E-state index is -1.06. The van der Waals surface area contributed by atoms with Crippen molar-refractivity contribution in [3.63, 3.8) is 0 Å². The first-order valence-corrected chi connectivity index (χ1v) is 8.98. The van der Waals surface area contributed by atoms with Gasteiger partial charge in [0.15, 0.2) is 17.7 Å². The Morgan fingerprint density at radius 1 is 1.27 bits per heavy atom. The van der Waals surface area contributed by atoms with Crippen LogP contribution in [0.5, 0.6) is 0 Å². The first-order valence-electron chi connectivity index (χ1n) is 8.98. The SMILES string of the molecule is Nc1ncnc2c1ncn2[C@@H]1O[C@H](CN2CCC3(CCN3)C2)[C@@H](O)[C@H]1O. The maximum absolute atomic E-state index is 10.5. The number of nitrogens with one attached hydrogen (secondary N) is 1. The van der Waals surface area contributed by atoms with Crippen molar-refractivity contribution in [2.45, 2.75) is 42.9 Å². The molecule has 5 N–H and O–H groups in total. The van der Waals surface area contributed by atoms with Crippen LogP contribution in [-0.4, -0.2) is 84.7 Å². The van der Waals surface area contributed by atoms with Crippen LogP contribution < -0.4 is 11.1 Å². The Kier molecular flexibility index (Phi) is 3.66. The van der Waals surface area contributed by atoms with Crippen molar-refractivity contribution in [2.75, 3.05) is 31.9 Å². The number of rotatable bonds is 3. The number of imidazole rings is 1. The zero-order valence-electron chi connectivity index (χ0n) is 14.3. The standard InChI is InChI=1S/C16H23N7O3/c17-13-10-14(19-7-18-13)23(8-20-10)15-12(25)11(24)9(26-15)5-22-4-2-16(6-22)1-3-21-16/h7-9,11-12,15,21,24-25H,1-6H2,(H2,17,18,19)/t9-,11-,12-,15-,16?/m1/s1. The van der Waals surface area contributed by atoms with Crippen LogP contribution in [0.2, 0.25) is 0 Å². The lowest BCUT2D eigenvalue weighted by atomic mass is 9.87. The van der Waals surface area contributed by atoms with E-state index in [0.717, 1.165) is 26.1 Å². The molecule has 5 rings (SSSR count). The van der Waals surface area contributed by atoms with E-state index in [1.807, 2.05) is 0 Å². The molecule has 0 aliphatic carbocycles. The first-order chi connectivity index (χ1) is 12.6. The summed E-state index contributed by atoms with van der Waals surface area (Å²) in [5.74, 6) is 0.272. The van der Waals surface area contributed by atoms with Crippen LogP contribution in [0.4, 0.5) is 5.82 Å². The average Bonchev–Trinajstić information content (AvgIpc) is 3.28. The van der Waals surface area contributed by atoms with Crippen LogP contribution in [0, 0.1) is 0 Å². The number of nitrogens with zero attached hydrogens (tertiary/aromatic N) is 5. The first kappa shape index (κ1) is 16.3. The molecule has 5 atom stereocenters. The molecule has 0 radical (unpaired) electrons. The summed E-state index contributed by atoms with van der Waals surface area (Å²) in [4.78, 5) is 14.6. The number of hydrogen-bond acceptors (Lipinski definition) is 9. The van der Waals surface area contributed by atoms with E-state index in [9.17, 15) is 10.2 Å². The molecule has 10 nitrogen and oxygen atoms in total. The monoisotopic (exact) mass is 361 g/mol. The largest absolute Gasteiger partial charge is 0.387 e. The van der Waals surface area contributed by atoms with Gasteiger partial charge in [0, 0.05) is 25.2 Å². The van der Waals surface area contributed by atoms with Gasteiger partial charge in [0.25, 0.3) is 0 Å². The van der Waals surface area contributed by atoms with E-state index in [0.29, 0.717) is 17.7 Å². The van der Waals surface area contributed by atoms with E-state index in [2.05, 4.69) is 25.2 Å². The molecule has 2 aromatic heterocycles. The Labute approximate surface area is 150 Å². The Morgan fingerprint density at radius 3 is 2.85 bits per heavy atom. The summed E-state index contributed by atoms with van der Waals surface area (Å²) in [5.41, 5.74) is 7.00. The molecule has 26 heavy (non-hydrogen) atoms. The highest BCUT2D eigenvalue weighted by Gasteiger charge is 2.48. The number of likely N-dealkylation sites (tertiary alicyclic amines) is 1. The van der Waals surface area contributed by atoms with Gasteiger partial charge in [0.2, 0.25) is 0 Å². The zero-order chi connectivity index (χ0) is 17.9. The molecule has 0 aromatic carbocycles. The molecule has 3 aliphatic rings. The highest BCUT2D eigenvalue weighted by atomic mass is 16.6. The number of aliphatic hydroxyl groups excluding tert-OH is 2. The van der Waals surface area contributed by atoms with Gasteiger partial charge in [-0.15, -0.1) is 0 Å². The van der Waals surface area contributed by atoms with Crippen molar-refractivity contribution in [1.29, 1.82) is 0 Å². The molecule has 3 saturated heterocycles. The molecule has 1 unspecified atom stereocenters. The smallest absolute Gasteiger partial charge is 0.167 e. The molecule has 5 heterocycles. The highest BCUT2D eigenvalue weighted by molar-refractivity contribution is 5.81. The molecule has 3 fully saturated rings. The van der Waals surface area contributed by atoms with Crippen LogP contribution in [0.3, 0.4) is 0 Å². The molecule has 10 heteroatoms. The van der Waals surface area contributed by atoms with Crippen molar-refractivity contribution in [1.82, 2.24) is 29.7 Å². The third kappa shape index (κ3) is 2.41. The van der Waals surface area contributed by atoms with E-state index < -0.39 is 24.5 Å². The van der Waals surface area contributed by atoms with Gasteiger partial charge < -0.3 is 26.0 Å². The lowest BCUT2D eigenvalue weighted by molar-refractivity contribution is -0.0431. The van der Waals surface area contributed by atoms with Gasteiger partial charge in [-0.2, -0.15) is 0 Å². The van der Waals surface area contributed by atoms with Gasteiger partial charge in [-0.3, -0.25) is 9.47 Å². The van der Waals surface area contributed by atoms with Gasteiger partial charge in [0.05, 0.1) is 6.33 Å². The molecule has 0 amide bonds. The Bertz CT molecular complexity index is 823. The molecule has 0 saturated carbocycles. The summed E-state index contributed by atoms with van der Waals surface area (Å²) < 4.78 is 7.63. The van der Waals surface area contributed by atoms with Gasteiger partial charge in [-0.05, 0) is 19.4 Å². The van der Waals surface area contributed by atoms with Gasteiger partial charge in [-0.25, -0.2) is 15.0 Å². The number of nitrogens with two attached hydrogens (primary N) is 1. The van der Waals surface area contributed by atoms with E-state index >= 15 is 0 Å². The predicted molar refractivity (Wildman–Crippen MR) is 92.1 cm³/mol. The lowest BCUT2D eigenvalue weighted by Crippen LogP contribution is -2.58. The van der Waals surface area contributed by atoms with Crippen molar-refractivity contribution in [3.8, 4) is 0 Å². The Hall–Kier alpha value is -1.85. The lowest BCUT2D eigenvalue weighted by Gasteiger charge is -2.40. The molecule has 140 valence electrons. The summed E-state index contributed by atoms with van der Waals surface area (Å²) in [6.45, 7) is 3.59. The normalized spacial score (nSPS) is 37.6. The van der Waals surface area contributed by atoms with Gasteiger partial charge >= 0.3 is 0 Å². The minimum Gasteiger partial charge on any atom is -0.387 e. The number of hydrogen-bond donors (Lipinski definition) is 4. The summed E-state index contributed by atoms with van der Waals surface area (Å²) in [6.07, 6.45) is 1.92. The third-order valence-corrected chi connectivity index (χ3v) is 5.97. The van der Waals surface area contributed by atoms with Crippen molar-refractivity contribution in [3.05, 3.63) is 12.7 Å². The molecule has 0 bridgehead atoms.